The number of carbonyl (C=O) groups excluding carboxylic acids is 1. The molecule has 1 saturated heterocycles. The van der Waals surface area contributed by atoms with E-state index in [0.717, 1.165) is 30.4 Å². The minimum Gasteiger partial charge on any atom is -0.361 e. The summed E-state index contributed by atoms with van der Waals surface area (Å²) in [5.41, 5.74) is 0.679. The lowest BCUT2D eigenvalue weighted by Crippen LogP contribution is -2.49. The number of carbonyl (C=O) groups is 1. The molecule has 20 heavy (non-hydrogen) atoms. The van der Waals surface area contributed by atoms with Crippen molar-refractivity contribution in [1.29, 1.82) is 0 Å². The zero-order chi connectivity index (χ0) is 14.5. The molecule has 1 aromatic rings. The van der Waals surface area contributed by atoms with Gasteiger partial charge in [0.2, 0.25) is 0 Å². The average Bonchev–Trinajstić information content (AvgIpc) is 2.94. The molecule has 4 nitrogen and oxygen atoms in total. The molecule has 0 aromatic heterocycles. The second-order valence-electron chi connectivity index (χ2n) is 4.64. The van der Waals surface area contributed by atoms with Crippen LogP contribution < -0.4 is 5.32 Å². The predicted octanol–water partition coefficient (Wildman–Crippen LogP) is 2.80. The molecule has 0 atom stereocenters. The fourth-order valence-corrected chi connectivity index (χ4v) is 2.65. The Balaban J connectivity index is 2.08. The molecule has 1 fully saturated rings. The normalized spacial score (nSPS) is 14.5. The number of hydrogen-bond acceptors (Lipinski definition) is 2. The number of benzene rings is 1. The monoisotopic (exact) mass is 355 g/mol. The van der Waals surface area contributed by atoms with Gasteiger partial charge in [0, 0.05) is 29.7 Å². The SMILES string of the molecule is CCCNC(=S)N1CCCN1C(=O)c1ccc(Br)cc1. The first-order chi connectivity index (χ1) is 9.63. The smallest absolute Gasteiger partial charge is 0.272 e. The molecule has 0 radical (unpaired) electrons. The van der Waals surface area contributed by atoms with Crippen molar-refractivity contribution in [3.05, 3.63) is 34.3 Å². The van der Waals surface area contributed by atoms with Crippen molar-refractivity contribution in [2.75, 3.05) is 19.6 Å². The highest BCUT2D eigenvalue weighted by atomic mass is 79.9. The fourth-order valence-electron chi connectivity index (χ4n) is 2.10. The average molecular weight is 356 g/mol. The summed E-state index contributed by atoms with van der Waals surface area (Å²) in [5, 5.41) is 7.41. The van der Waals surface area contributed by atoms with Crippen LogP contribution in [-0.2, 0) is 0 Å². The van der Waals surface area contributed by atoms with E-state index < -0.39 is 0 Å². The molecule has 1 aromatic carbocycles. The maximum Gasteiger partial charge on any atom is 0.272 e. The Morgan fingerprint density at radius 3 is 2.60 bits per heavy atom. The second kappa shape index (κ2) is 7.04. The molecule has 1 N–H and O–H groups in total. The number of rotatable bonds is 3. The first-order valence-corrected chi connectivity index (χ1v) is 7.96. The molecule has 0 saturated carbocycles. The van der Waals surface area contributed by atoms with Gasteiger partial charge in [-0.25, -0.2) is 5.01 Å². The van der Waals surface area contributed by atoms with Crippen molar-refractivity contribution in [2.45, 2.75) is 19.8 Å². The molecule has 2 rings (SSSR count). The Morgan fingerprint density at radius 2 is 1.95 bits per heavy atom. The van der Waals surface area contributed by atoms with Crippen molar-refractivity contribution >= 4 is 39.2 Å². The predicted molar refractivity (Wildman–Crippen MR) is 87.4 cm³/mol. The molecular weight excluding hydrogens is 338 g/mol. The highest BCUT2D eigenvalue weighted by Crippen LogP contribution is 2.17. The van der Waals surface area contributed by atoms with E-state index in [2.05, 4.69) is 28.2 Å². The number of hydrazine groups is 1. The van der Waals surface area contributed by atoms with Crippen molar-refractivity contribution in [3.8, 4) is 0 Å². The molecule has 0 bridgehead atoms. The van der Waals surface area contributed by atoms with Crippen LogP contribution in [0.25, 0.3) is 0 Å². The summed E-state index contributed by atoms with van der Waals surface area (Å²) in [5.74, 6) is -0.00403. The summed E-state index contributed by atoms with van der Waals surface area (Å²) < 4.78 is 0.965. The lowest BCUT2D eigenvalue weighted by molar-refractivity contribution is 0.0492. The summed E-state index contributed by atoms with van der Waals surface area (Å²) in [6.07, 6.45) is 1.95. The van der Waals surface area contributed by atoms with Crippen LogP contribution in [0, 0.1) is 0 Å². The van der Waals surface area contributed by atoms with Gasteiger partial charge in [0.05, 0.1) is 0 Å². The summed E-state index contributed by atoms with van der Waals surface area (Å²) in [7, 11) is 0. The third kappa shape index (κ3) is 3.49. The topological polar surface area (TPSA) is 35.6 Å². The molecule has 0 aliphatic carbocycles. The van der Waals surface area contributed by atoms with E-state index in [0.29, 0.717) is 17.2 Å². The molecular formula is C14H18BrN3OS. The standard InChI is InChI=1S/C14H18BrN3OS/c1-2-8-16-14(20)18-10-3-9-17(18)13(19)11-4-6-12(15)7-5-11/h4-7H,2-3,8-10H2,1H3,(H,16,20). The Hall–Kier alpha value is -1.14. The van der Waals surface area contributed by atoms with Crippen molar-refractivity contribution in [1.82, 2.24) is 15.3 Å². The van der Waals surface area contributed by atoms with E-state index in [1.807, 2.05) is 29.3 Å². The lowest BCUT2D eigenvalue weighted by Gasteiger charge is -2.30. The van der Waals surface area contributed by atoms with Crippen molar-refractivity contribution in [3.63, 3.8) is 0 Å². The van der Waals surface area contributed by atoms with Crippen LogP contribution in [0.1, 0.15) is 30.1 Å². The van der Waals surface area contributed by atoms with Gasteiger partial charge in [-0.3, -0.25) is 9.80 Å². The second-order valence-corrected chi connectivity index (χ2v) is 5.95. The Kier molecular flexibility index (Phi) is 5.37. The maximum atomic E-state index is 12.5. The summed E-state index contributed by atoms with van der Waals surface area (Å²) in [6, 6.07) is 7.40. The zero-order valence-electron chi connectivity index (χ0n) is 11.4. The van der Waals surface area contributed by atoms with Crippen LogP contribution in [-0.4, -0.2) is 40.7 Å². The largest absolute Gasteiger partial charge is 0.361 e. The van der Waals surface area contributed by atoms with Crippen molar-refractivity contribution in [2.24, 2.45) is 0 Å². The minimum absolute atomic E-state index is 0.00403. The van der Waals surface area contributed by atoms with E-state index in [1.165, 1.54) is 0 Å². The zero-order valence-corrected chi connectivity index (χ0v) is 13.8. The van der Waals surface area contributed by atoms with Gasteiger partial charge < -0.3 is 5.32 Å². The highest BCUT2D eigenvalue weighted by molar-refractivity contribution is 9.10. The summed E-state index contributed by atoms with van der Waals surface area (Å²) in [6.45, 7) is 4.42. The molecule has 6 heteroatoms. The molecule has 1 amide bonds. The van der Waals surface area contributed by atoms with Crippen LogP contribution in [0.15, 0.2) is 28.7 Å². The Labute approximate surface area is 133 Å². The first-order valence-electron chi connectivity index (χ1n) is 6.76. The number of hydrogen-bond donors (Lipinski definition) is 1. The summed E-state index contributed by atoms with van der Waals surface area (Å²) >= 11 is 8.74. The van der Waals surface area contributed by atoms with Crippen LogP contribution in [0.3, 0.4) is 0 Å². The van der Waals surface area contributed by atoms with Gasteiger partial charge in [-0.1, -0.05) is 22.9 Å². The Bertz CT molecular complexity index is 492. The number of thiocarbonyl (C=S) groups is 1. The molecule has 1 heterocycles. The van der Waals surface area contributed by atoms with Gasteiger partial charge >= 0.3 is 0 Å². The lowest BCUT2D eigenvalue weighted by atomic mass is 10.2. The van der Waals surface area contributed by atoms with Crippen LogP contribution in [0.2, 0.25) is 0 Å². The van der Waals surface area contributed by atoms with E-state index in [-0.39, 0.29) is 5.91 Å². The Morgan fingerprint density at radius 1 is 1.30 bits per heavy atom. The van der Waals surface area contributed by atoms with Gasteiger partial charge in [-0.2, -0.15) is 0 Å². The number of halogens is 1. The molecule has 1 aliphatic heterocycles. The van der Waals surface area contributed by atoms with Gasteiger partial charge in [-0.05, 0) is 49.3 Å². The highest BCUT2D eigenvalue weighted by Gasteiger charge is 2.29. The molecule has 108 valence electrons. The summed E-state index contributed by atoms with van der Waals surface area (Å²) in [4.78, 5) is 12.5. The van der Waals surface area contributed by atoms with E-state index in [4.69, 9.17) is 12.2 Å². The van der Waals surface area contributed by atoms with E-state index >= 15 is 0 Å². The molecule has 0 unspecified atom stereocenters. The fraction of sp³-hybridized carbons (Fsp3) is 0.429. The molecule has 0 spiro atoms. The quantitative estimate of drug-likeness (QED) is 0.845. The van der Waals surface area contributed by atoms with Crippen LogP contribution in [0.5, 0.6) is 0 Å². The first kappa shape index (κ1) is 15.3. The van der Waals surface area contributed by atoms with E-state index in [9.17, 15) is 4.79 Å². The van der Waals surface area contributed by atoms with Gasteiger partial charge in [0.1, 0.15) is 0 Å². The maximum absolute atomic E-state index is 12.5. The third-order valence-corrected chi connectivity index (χ3v) is 4.00. The van der Waals surface area contributed by atoms with Crippen LogP contribution >= 0.6 is 28.1 Å². The van der Waals surface area contributed by atoms with Gasteiger partial charge in [0.25, 0.3) is 5.91 Å². The molecule has 1 aliphatic rings. The van der Waals surface area contributed by atoms with Gasteiger partial charge in [0.15, 0.2) is 5.11 Å². The van der Waals surface area contributed by atoms with Crippen LogP contribution in [0.4, 0.5) is 0 Å². The minimum atomic E-state index is -0.00403. The number of nitrogens with one attached hydrogen (secondary N) is 1. The van der Waals surface area contributed by atoms with E-state index in [1.54, 1.807) is 5.01 Å². The van der Waals surface area contributed by atoms with Crippen molar-refractivity contribution < 1.29 is 4.79 Å². The number of amides is 1. The number of nitrogens with zero attached hydrogens (tertiary/aromatic N) is 2. The van der Waals surface area contributed by atoms with Gasteiger partial charge in [-0.15, -0.1) is 0 Å². The third-order valence-electron chi connectivity index (χ3n) is 3.12.